The molecule has 0 aromatic heterocycles. The van der Waals surface area contributed by atoms with Crippen LogP contribution in [0.25, 0.3) is 0 Å². The number of amides is 1. The van der Waals surface area contributed by atoms with Crippen LogP contribution in [0, 0.1) is 0 Å². The van der Waals surface area contributed by atoms with Crippen molar-refractivity contribution in [3.05, 3.63) is 0 Å². The van der Waals surface area contributed by atoms with Gasteiger partial charge in [-0.3, -0.25) is 4.79 Å². The molecule has 1 aliphatic carbocycles. The van der Waals surface area contributed by atoms with E-state index in [4.69, 9.17) is 0 Å². The second kappa shape index (κ2) is 8.51. The summed E-state index contributed by atoms with van der Waals surface area (Å²) in [5.74, 6) is 0.215. The molecule has 1 saturated carbocycles. The average molecular weight is 240 g/mol. The van der Waals surface area contributed by atoms with Crippen molar-refractivity contribution >= 4 is 5.91 Å². The van der Waals surface area contributed by atoms with Crippen LogP contribution in [0.4, 0.5) is 0 Å². The molecule has 0 bridgehead atoms. The van der Waals surface area contributed by atoms with Gasteiger partial charge in [0.1, 0.15) is 0 Å². The van der Waals surface area contributed by atoms with E-state index in [1.807, 2.05) is 0 Å². The molecule has 0 aromatic rings. The minimum atomic E-state index is 0.215. The number of rotatable bonds is 10. The van der Waals surface area contributed by atoms with Crippen molar-refractivity contribution < 1.29 is 4.79 Å². The summed E-state index contributed by atoms with van der Waals surface area (Å²) in [7, 11) is 0. The topological polar surface area (TPSA) is 41.1 Å². The average Bonchev–Trinajstić information content (AvgIpc) is 3.10. The van der Waals surface area contributed by atoms with E-state index in [2.05, 4.69) is 24.5 Å². The highest BCUT2D eigenvalue weighted by Crippen LogP contribution is 2.18. The zero-order chi connectivity index (χ0) is 12.5. The summed E-state index contributed by atoms with van der Waals surface area (Å²) in [6, 6.07) is 1.10. The van der Waals surface area contributed by atoms with E-state index in [1.54, 1.807) is 0 Å². The van der Waals surface area contributed by atoms with Gasteiger partial charge in [0, 0.05) is 25.0 Å². The van der Waals surface area contributed by atoms with Crippen LogP contribution in [0.5, 0.6) is 0 Å². The summed E-state index contributed by atoms with van der Waals surface area (Å²) in [4.78, 5) is 11.7. The maximum atomic E-state index is 11.7. The van der Waals surface area contributed by atoms with Crippen molar-refractivity contribution in [2.45, 2.75) is 77.3 Å². The zero-order valence-electron chi connectivity index (χ0n) is 11.4. The van der Waals surface area contributed by atoms with Gasteiger partial charge in [-0.05, 0) is 25.7 Å². The summed E-state index contributed by atoms with van der Waals surface area (Å²) in [5, 5.41) is 6.54. The van der Waals surface area contributed by atoms with Crippen molar-refractivity contribution in [3.63, 3.8) is 0 Å². The van der Waals surface area contributed by atoms with Crippen LogP contribution in [-0.4, -0.2) is 24.5 Å². The number of carbonyl (C=O) groups is 1. The molecule has 1 atom stereocenters. The van der Waals surface area contributed by atoms with E-state index in [-0.39, 0.29) is 5.91 Å². The Balaban J connectivity index is 2.09. The molecule has 0 saturated heterocycles. The molecule has 1 rings (SSSR count). The Morgan fingerprint density at radius 2 is 2.00 bits per heavy atom. The highest BCUT2D eigenvalue weighted by molar-refractivity contribution is 5.76. The van der Waals surface area contributed by atoms with Crippen LogP contribution < -0.4 is 10.6 Å². The van der Waals surface area contributed by atoms with Gasteiger partial charge in [0.25, 0.3) is 0 Å². The van der Waals surface area contributed by atoms with Gasteiger partial charge in [-0.1, -0.05) is 33.1 Å². The molecule has 1 unspecified atom stereocenters. The molecule has 1 aliphatic rings. The lowest BCUT2D eigenvalue weighted by Gasteiger charge is -2.17. The van der Waals surface area contributed by atoms with Gasteiger partial charge in [-0.15, -0.1) is 0 Å². The lowest BCUT2D eigenvalue weighted by Crippen LogP contribution is -2.36. The lowest BCUT2D eigenvalue weighted by molar-refractivity contribution is -0.121. The van der Waals surface area contributed by atoms with Crippen molar-refractivity contribution in [2.75, 3.05) is 6.54 Å². The van der Waals surface area contributed by atoms with E-state index in [1.165, 1.54) is 25.7 Å². The first kappa shape index (κ1) is 14.5. The first-order chi connectivity index (χ1) is 8.26. The summed E-state index contributed by atoms with van der Waals surface area (Å²) in [5.41, 5.74) is 0. The van der Waals surface area contributed by atoms with Crippen LogP contribution in [0.2, 0.25) is 0 Å². The van der Waals surface area contributed by atoms with Gasteiger partial charge < -0.3 is 10.6 Å². The predicted molar refractivity (Wildman–Crippen MR) is 72.0 cm³/mol. The van der Waals surface area contributed by atoms with Crippen LogP contribution in [0.3, 0.4) is 0 Å². The molecule has 0 spiro atoms. The third-order valence-corrected chi connectivity index (χ3v) is 3.27. The van der Waals surface area contributed by atoms with E-state index in [0.29, 0.717) is 18.5 Å². The molecule has 3 heteroatoms. The molecule has 0 aliphatic heterocycles. The largest absolute Gasteiger partial charge is 0.353 e. The fraction of sp³-hybridized carbons (Fsp3) is 0.929. The van der Waals surface area contributed by atoms with Gasteiger partial charge >= 0.3 is 0 Å². The Kier molecular flexibility index (Phi) is 7.25. The van der Waals surface area contributed by atoms with Crippen LogP contribution in [-0.2, 0) is 4.79 Å². The highest BCUT2D eigenvalue weighted by atomic mass is 16.1. The molecule has 0 heterocycles. The van der Waals surface area contributed by atoms with Gasteiger partial charge in [0.05, 0.1) is 0 Å². The predicted octanol–water partition coefficient (Wildman–Crippen LogP) is 2.60. The van der Waals surface area contributed by atoms with Crippen molar-refractivity contribution in [1.29, 1.82) is 0 Å². The summed E-state index contributed by atoms with van der Waals surface area (Å²) < 4.78 is 0. The number of unbranched alkanes of at least 4 members (excludes halogenated alkanes) is 1. The third-order valence-electron chi connectivity index (χ3n) is 3.27. The molecule has 100 valence electrons. The van der Waals surface area contributed by atoms with Crippen LogP contribution >= 0.6 is 0 Å². The highest BCUT2D eigenvalue weighted by Gasteiger charge is 2.20. The van der Waals surface area contributed by atoms with Crippen molar-refractivity contribution in [1.82, 2.24) is 10.6 Å². The number of carbonyl (C=O) groups excluding carboxylic acids is 1. The molecule has 2 N–H and O–H groups in total. The Bertz CT molecular complexity index is 214. The van der Waals surface area contributed by atoms with Gasteiger partial charge in [0.2, 0.25) is 5.91 Å². The molecular formula is C14H28N2O. The SMILES string of the molecule is CCCCC(CCC)NC(=O)CCNC1CC1. The summed E-state index contributed by atoms with van der Waals surface area (Å²) in [6.07, 6.45) is 9.02. The fourth-order valence-electron chi connectivity index (χ4n) is 2.06. The van der Waals surface area contributed by atoms with Gasteiger partial charge in [-0.2, -0.15) is 0 Å². The molecular weight excluding hydrogens is 212 g/mol. The Labute approximate surface area is 106 Å². The first-order valence-electron chi connectivity index (χ1n) is 7.29. The smallest absolute Gasteiger partial charge is 0.221 e. The number of nitrogens with one attached hydrogen (secondary N) is 2. The maximum Gasteiger partial charge on any atom is 0.221 e. The second-order valence-corrected chi connectivity index (χ2v) is 5.17. The Morgan fingerprint density at radius 3 is 2.59 bits per heavy atom. The summed E-state index contributed by atoms with van der Waals surface area (Å²) >= 11 is 0. The number of hydrogen-bond acceptors (Lipinski definition) is 2. The van der Waals surface area contributed by atoms with Crippen molar-refractivity contribution in [2.24, 2.45) is 0 Å². The minimum Gasteiger partial charge on any atom is -0.353 e. The van der Waals surface area contributed by atoms with E-state index in [0.717, 1.165) is 25.8 Å². The Hall–Kier alpha value is -0.570. The minimum absolute atomic E-state index is 0.215. The maximum absolute atomic E-state index is 11.7. The van der Waals surface area contributed by atoms with Crippen LogP contribution in [0.1, 0.15) is 65.2 Å². The normalized spacial score (nSPS) is 16.8. The molecule has 0 aromatic carbocycles. The molecule has 0 radical (unpaired) electrons. The monoisotopic (exact) mass is 240 g/mol. The second-order valence-electron chi connectivity index (χ2n) is 5.17. The van der Waals surface area contributed by atoms with E-state index >= 15 is 0 Å². The van der Waals surface area contributed by atoms with Crippen LogP contribution in [0.15, 0.2) is 0 Å². The quantitative estimate of drug-likeness (QED) is 0.616. The zero-order valence-corrected chi connectivity index (χ0v) is 11.4. The molecule has 1 amide bonds. The first-order valence-corrected chi connectivity index (χ1v) is 7.29. The Morgan fingerprint density at radius 1 is 1.24 bits per heavy atom. The fourth-order valence-corrected chi connectivity index (χ4v) is 2.06. The summed E-state index contributed by atoms with van der Waals surface area (Å²) in [6.45, 7) is 5.22. The molecule has 3 nitrogen and oxygen atoms in total. The molecule has 1 fully saturated rings. The standard InChI is InChI=1S/C14H28N2O/c1-3-5-7-13(6-4-2)16-14(17)10-11-15-12-8-9-12/h12-13,15H,3-11H2,1-2H3,(H,16,17). The lowest BCUT2D eigenvalue weighted by atomic mass is 10.1. The third kappa shape index (κ3) is 7.37. The number of hydrogen-bond donors (Lipinski definition) is 2. The molecule has 17 heavy (non-hydrogen) atoms. The van der Waals surface area contributed by atoms with Crippen molar-refractivity contribution in [3.8, 4) is 0 Å². The van der Waals surface area contributed by atoms with Gasteiger partial charge in [-0.25, -0.2) is 0 Å². The van der Waals surface area contributed by atoms with E-state index in [9.17, 15) is 4.79 Å². The van der Waals surface area contributed by atoms with E-state index < -0.39 is 0 Å². The van der Waals surface area contributed by atoms with Gasteiger partial charge in [0.15, 0.2) is 0 Å².